The minimum atomic E-state index is 0.413. The van der Waals surface area contributed by atoms with E-state index in [1.165, 1.54) is 5.56 Å². The Bertz CT molecular complexity index is 623. The predicted octanol–water partition coefficient (Wildman–Crippen LogP) is 4.78. The van der Waals surface area contributed by atoms with Gasteiger partial charge in [0.1, 0.15) is 11.5 Å². The van der Waals surface area contributed by atoms with E-state index in [-0.39, 0.29) is 0 Å². The fourth-order valence-electron chi connectivity index (χ4n) is 2.00. The van der Waals surface area contributed by atoms with Crippen molar-refractivity contribution in [1.82, 2.24) is 0 Å². The molecule has 0 saturated carbocycles. The van der Waals surface area contributed by atoms with E-state index in [1.54, 1.807) is 6.07 Å². The van der Waals surface area contributed by atoms with E-state index < -0.39 is 0 Å². The maximum absolute atomic E-state index is 8.93. The number of benzene rings is 2. The molecule has 0 unspecified atom stereocenters. The second-order valence-electron chi connectivity index (χ2n) is 4.88. The molecule has 2 aromatic rings. The van der Waals surface area contributed by atoms with Crippen LogP contribution in [-0.2, 0) is 0 Å². The van der Waals surface area contributed by atoms with Gasteiger partial charge in [-0.05, 0) is 48.2 Å². The van der Waals surface area contributed by atoms with E-state index in [1.807, 2.05) is 37.3 Å². The first kappa shape index (κ1) is 13.2. The molecule has 0 heterocycles. The van der Waals surface area contributed by atoms with E-state index >= 15 is 0 Å². The minimum Gasteiger partial charge on any atom is -0.457 e. The van der Waals surface area contributed by atoms with Gasteiger partial charge in [0.2, 0.25) is 0 Å². The third kappa shape index (κ3) is 2.95. The molecule has 96 valence electrons. The molecule has 0 aliphatic heterocycles. The highest BCUT2D eigenvalue weighted by molar-refractivity contribution is 5.45. The van der Waals surface area contributed by atoms with Gasteiger partial charge in [0.05, 0.1) is 11.6 Å². The largest absolute Gasteiger partial charge is 0.457 e. The highest BCUT2D eigenvalue weighted by Gasteiger charge is 2.08. The number of para-hydroxylation sites is 1. The first-order valence-corrected chi connectivity index (χ1v) is 6.39. The zero-order chi connectivity index (χ0) is 13.8. The van der Waals surface area contributed by atoms with Crippen LogP contribution in [-0.4, -0.2) is 0 Å². The van der Waals surface area contributed by atoms with Crippen LogP contribution in [0.1, 0.15) is 36.5 Å². The Labute approximate surface area is 114 Å². The van der Waals surface area contributed by atoms with Crippen molar-refractivity contribution < 1.29 is 4.74 Å². The van der Waals surface area contributed by atoms with E-state index in [0.717, 1.165) is 17.1 Å². The number of ether oxygens (including phenoxy) is 1. The van der Waals surface area contributed by atoms with Gasteiger partial charge < -0.3 is 4.74 Å². The summed E-state index contributed by atoms with van der Waals surface area (Å²) in [5.74, 6) is 2.06. The molecule has 0 saturated heterocycles. The third-order valence-corrected chi connectivity index (χ3v) is 3.09. The van der Waals surface area contributed by atoms with Crippen molar-refractivity contribution in [3.63, 3.8) is 0 Å². The van der Waals surface area contributed by atoms with Crippen molar-refractivity contribution in [3.8, 4) is 17.6 Å². The molecule has 2 heteroatoms. The fourth-order valence-corrected chi connectivity index (χ4v) is 2.00. The Balaban J connectivity index is 2.32. The van der Waals surface area contributed by atoms with Crippen LogP contribution < -0.4 is 4.74 Å². The van der Waals surface area contributed by atoms with Gasteiger partial charge in [-0.2, -0.15) is 5.26 Å². The van der Waals surface area contributed by atoms with Gasteiger partial charge in [0.25, 0.3) is 0 Å². The standard InChI is InChI=1S/C17H17NO/c1-12(2)16-6-4-5-7-17(16)19-15-9-8-14(11-18)13(3)10-15/h4-10,12H,1-3H3. The van der Waals surface area contributed by atoms with Crippen molar-refractivity contribution in [3.05, 3.63) is 59.2 Å². The number of aryl methyl sites for hydroxylation is 1. The molecule has 0 N–H and O–H groups in total. The summed E-state index contributed by atoms with van der Waals surface area (Å²) < 4.78 is 5.94. The first-order chi connectivity index (χ1) is 9.11. The maximum Gasteiger partial charge on any atom is 0.130 e. The molecule has 0 aliphatic rings. The van der Waals surface area contributed by atoms with Gasteiger partial charge in [-0.25, -0.2) is 0 Å². The molecule has 2 aromatic carbocycles. The molecule has 0 aromatic heterocycles. The van der Waals surface area contributed by atoms with Gasteiger partial charge >= 0.3 is 0 Å². The van der Waals surface area contributed by atoms with E-state index in [9.17, 15) is 0 Å². The van der Waals surface area contributed by atoms with Gasteiger partial charge in [0.15, 0.2) is 0 Å². The fraction of sp³-hybridized carbons (Fsp3) is 0.235. The van der Waals surface area contributed by atoms with Crippen LogP contribution >= 0.6 is 0 Å². The average molecular weight is 251 g/mol. The van der Waals surface area contributed by atoms with Crippen LogP contribution in [0.25, 0.3) is 0 Å². The van der Waals surface area contributed by atoms with Crippen molar-refractivity contribution in [2.24, 2.45) is 0 Å². The van der Waals surface area contributed by atoms with Crippen LogP contribution in [0.2, 0.25) is 0 Å². The Hall–Kier alpha value is -2.27. The second-order valence-corrected chi connectivity index (χ2v) is 4.88. The number of rotatable bonds is 3. The molecule has 0 bridgehead atoms. The Kier molecular flexibility index (Phi) is 3.87. The highest BCUT2D eigenvalue weighted by Crippen LogP contribution is 2.30. The zero-order valence-electron chi connectivity index (χ0n) is 11.5. The molecule has 0 aliphatic carbocycles. The summed E-state index contributed by atoms with van der Waals surface area (Å²) in [7, 11) is 0. The van der Waals surface area contributed by atoms with Crippen LogP contribution in [0.3, 0.4) is 0 Å². The van der Waals surface area contributed by atoms with Gasteiger partial charge in [-0.3, -0.25) is 0 Å². The van der Waals surface area contributed by atoms with E-state index in [4.69, 9.17) is 10.00 Å². The molecule has 0 atom stereocenters. The average Bonchev–Trinajstić information content (AvgIpc) is 2.39. The predicted molar refractivity (Wildman–Crippen MR) is 76.5 cm³/mol. The van der Waals surface area contributed by atoms with Crippen molar-refractivity contribution >= 4 is 0 Å². The maximum atomic E-state index is 8.93. The molecule has 2 rings (SSSR count). The van der Waals surface area contributed by atoms with Crippen LogP contribution in [0.4, 0.5) is 0 Å². The van der Waals surface area contributed by atoms with Crippen molar-refractivity contribution in [1.29, 1.82) is 5.26 Å². The monoisotopic (exact) mass is 251 g/mol. The molecular formula is C17H17NO. The number of nitrogens with zero attached hydrogens (tertiary/aromatic N) is 1. The minimum absolute atomic E-state index is 0.413. The lowest BCUT2D eigenvalue weighted by Crippen LogP contribution is -1.94. The molecule has 0 radical (unpaired) electrons. The molecule has 0 spiro atoms. The first-order valence-electron chi connectivity index (χ1n) is 6.39. The van der Waals surface area contributed by atoms with Gasteiger partial charge in [-0.1, -0.05) is 32.0 Å². The number of hydrogen-bond acceptors (Lipinski definition) is 2. The molecule has 2 nitrogen and oxygen atoms in total. The van der Waals surface area contributed by atoms with E-state index in [2.05, 4.69) is 26.0 Å². The van der Waals surface area contributed by atoms with Crippen molar-refractivity contribution in [2.45, 2.75) is 26.7 Å². The molecule has 0 amide bonds. The zero-order valence-corrected chi connectivity index (χ0v) is 11.5. The Morgan fingerprint density at radius 1 is 1.11 bits per heavy atom. The van der Waals surface area contributed by atoms with Gasteiger partial charge in [0, 0.05) is 0 Å². The second kappa shape index (κ2) is 5.58. The third-order valence-electron chi connectivity index (χ3n) is 3.09. The van der Waals surface area contributed by atoms with Crippen LogP contribution in [0.5, 0.6) is 11.5 Å². The lowest BCUT2D eigenvalue weighted by Gasteiger charge is -2.14. The highest BCUT2D eigenvalue weighted by atomic mass is 16.5. The van der Waals surface area contributed by atoms with Crippen LogP contribution in [0.15, 0.2) is 42.5 Å². The summed E-state index contributed by atoms with van der Waals surface area (Å²) in [6, 6.07) is 15.7. The molecular weight excluding hydrogens is 234 g/mol. The molecule has 19 heavy (non-hydrogen) atoms. The number of hydrogen-bond donors (Lipinski definition) is 0. The Morgan fingerprint density at radius 2 is 1.84 bits per heavy atom. The number of nitriles is 1. The van der Waals surface area contributed by atoms with Crippen molar-refractivity contribution in [2.75, 3.05) is 0 Å². The van der Waals surface area contributed by atoms with E-state index in [0.29, 0.717) is 11.5 Å². The summed E-state index contributed by atoms with van der Waals surface area (Å²) in [5.41, 5.74) is 2.80. The lowest BCUT2D eigenvalue weighted by molar-refractivity contribution is 0.472. The Morgan fingerprint density at radius 3 is 2.47 bits per heavy atom. The lowest BCUT2D eigenvalue weighted by atomic mass is 10.0. The normalized spacial score (nSPS) is 10.3. The molecule has 0 fully saturated rings. The summed E-state index contributed by atoms with van der Waals surface area (Å²) in [5, 5.41) is 8.93. The van der Waals surface area contributed by atoms with Crippen LogP contribution in [0, 0.1) is 18.3 Å². The SMILES string of the molecule is Cc1cc(Oc2ccccc2C(C)C)ccc1C#N. The summed E-state index contributed by atoms with van der Waals surface area (Å²) in [6.45, 7) is 6.21. The summed E-state index contributed by atoms with van der Waals surface area (Å²) >= 11 is 0. The van der Waals surface area contributed by atoms with Gasteiger partial charge in [-0.15, -0.1) is 0 Å². The topological polar surface area (TPSA) is 33.0 Å². The quantitative estimate of drug-likeness (QED) is 0.786. The summed E-state index contributed by atoms with van der Waals surface area (Å²) in [4.78, 5) is 0. The smallest absolute Gasteiger partial charge is 0.130 e. The summed E-state index contributed by atoms with van der Waals surface area (Å²) in [6.07, 6.45) is 0.